The standard InChI is InChI=1S/C13H19FN2O/c1-9(13(2,3)4)7-16-12(17)10-5-6-15-8-11(10)14/h5-6,8-9H,7H2,1-4H3,(H,16,17). The zero-order valence-corrected chi connectivity index (χ0v) is 10.7. The first-order chi connectivity index (χ1) is 7.82. The molecule has 94 valence electrons. The van der Waals surface area contributed by atoms with Gasteiger partial charge in [0.15, 0.2) is 5.82 Å². The summed E-state index contributed by atoms with van der Waals surface area (Å²) >= 11 is 0. The number of hydrogen-bond acceptors (Lipinski definition) is 2. The second-order valence-corrected chi connectivity index (χ2v) is 5.33. The van der Waals surface area contributed by atoms with E-state index >= 15 is 0 Å². The van der Waals surface area contributed by atoms with Crippen molar-refractivity contribution in [2.75, 3.05) is 6.54 Å². The van der Waals surface area contributed by atoms with Gasteiger partial charge in [-0.15, -0.1) is 0 Å². The Morgan fingerprint density at radius 1 is 1.53 bits per heavy atom. The van der Waals surface area contributed by atoms with Gasteiger partial charge in [0.2, 0.25) is 0 Å². The highest BCUT2D eigenvalue weighted by Gasteiger charge is 2.21. The molecule has 0 aliphatic heterocycles. The van der Waals surface area contributed by atoms with Crippen LogP contribution < -0.4 is 5.32 Å². The highest BCUT2D eigenvalue weighted by Crippen LogP contribution is 2.24. The van der Waals surface area contributed by atoms with Crippen molar-refractivity contribution >= 4 is 5.91 Å². The SMILES string of the molecule is CC(CNC(=O)c1ccncc1F)C(C)(C)C. The van der Waals surface area contributed by atoms with Crippen molar-refractivity contribution in [1.82, 2.24) is 10.3 Å². The molecule has 1 aromatic heterocycles. The predicted octanol–water partition coefficient (Wildman–Crippen LogP) is 2.63. The van der Waals surface area contributed by atoms with E-state index in [1.165, 1.54) is 12.3 Å². The molecular weight excluding hydrogens is 219 g/mol. The molecule has 1 N–H and O–H groups in total. The Kier molecular flexibility index (Phi) is 4.21. The predicted molar refractivity (Wildman–Crippen MR) is 65.1 cm³/mol. The molecule has 1 amide bonds. The van der Waals surface area contributed by atoms with E-state index in [1.54, 1.807) is 0 Å². The molecule has 1 unspecified atom stereocenters. The van der Waals surface area contributed by atoms with Gasteiger partial charge >= 0.3 is 0 Å². The van der Waals surface area contributed by atoms with Crippen LogP contribution in [0.1, 0.15) is 38.1 Å². The number of carbonyl (C=O) groups excluding carboxylic acids is 1. The maximum Gasteiger partial charge on any atom is 0.254 e. The summed E-state index contributed by atoms with van der Waals surface area (Å²) in [5.74, 6) is -0.661. The van der Waals surface area contributed by atoms with Gasteiger partial charge in [0.05, 0.1) is 11.8 Å². The average molecular weight is 238 g/mol. The van der Waals surface area contributed by atoms with Crippen LogP contribution in [0.4, 0.5) is 4.39 Å². The number of hydrogen-bond donors (Lipinski definition) is 1. The van der Waals surface area contributed by atoms with Gasteiger partial charge in [-0.25, -0.2) is 4.39 Å². The van der Waals surface area contributed by atoms with Crippen LogP contribution in [0.15, 0.2) is 18.5 Å². The van der Waals surface area contributed by atoms with E-state index < -0.39 is 5.82 Å². The molecule has 1 aromatic rings. The van der Waals surface area contributed by atoms with Crippen molar-refractivity contribution in [3.05, 3.63) is 29.8 Å². The van der Waals surface area contributed by atoms with Gasteiger partial charge in [0.25, 0.3) is 5.91 Å². The fraction of sp³-hybridized carbons (Fsp3) is 0.538. The van der Waals surface area contributed by atoms with E-state index in [0.29, 0.717) is 12.5 Å². The van der Waals surface area contributed by atoms with Gasteiger partial charge in [-0.2, -0.15) is 0 Å². The van der Waals surface area contributed by atoms with E-state index in [2.05, 4.69) is 38.0 Å². The van der Waals surface area contributed by atoms with Crippen LogP contribution in [0.5, 0.6) is 0 Å². The molecule has 1 heterocycles. The van der Waals surface area contributed by atoms with Crippen LogP contribution in [0.25, 0.3) is 0 Å². The summed E-state index contributed by atoms with van der Waals surface area (Å²) < 4.78 is 13.3. The zero-order valence-electron chi connectivity index (χ0n) is 10.7. The van der Waals surface area contributed by atoms with E-state index in [0.717, 1.165) is 6.20 Å². The Hall–Kier alpha value is -1.45. The number of halogens is 1. The number of aromatic nitrogens is 1. The normalized spacial score (nSPS) is 13.2. The lowest BCUT2D eigenvalue weighted by atomic mass is 9.82. The summed E-state index contributed by atoms with van der Waals surface area (Å²) in [6.45, 7) is 8.91. The Morgan fingerprint density at radius 2 is 2.18 bits per heavy atom. The molecule has 0 spiro atoms. The molecule has 0 radical (unpaired) electrons. The first-order valence-electron chi connectivity index (χ1n) is 5.70. The van der Waals surface area contributed by atoms with Gasteiger partial charge < -0.3 is 5.32 Å². The number of nitrogens with one attached hydrogen (secondary N) is 1. The molecular formula is C13H19FN2O. The number of rotatable bonds is 3. The molecule has 0 saturated carbocycles. The van der Waals surface area contributed by atoms with Crippen LogP contribution in [-0.2, 0) is 0 Å². The minimum atomic E-state index is -0.589. The minimum absolute atomic E-state index is 0.0427. The quantitative estimate of drug-likeness (QED) is 0.879. The lowest BCUT2D eigenvalue weighted by molar-refractivity contribution is 0.0933. The summed E-state index contributed by atoms with van der Waals surface area (Å²) in [7, 11) is 0. The van der Waals surface area contributed by atoms with Gasteiger partial charge in [0.1, 0.15) is 0 Å². The Labute approximate surface area is 101 Å². The van der Waals surface area contributed by atoms with Crippen LogP contribution in [0.2, 0.25) is 0 Å². The fourth-order valence-corrected chi connectivity index (χ4v) is 1.21. The second kappa shape index (κ2) is 5.25. The first-order valence-corrected chi connectivity index (χ1v) is 5.70. The average Bonchev–Trinajstić information content (AvgIpc) is 2.24. The molecule has 0 aliphatic rings. The molecule has 1 rings (SSSR count). The summed E-state index contributed by atoms with van der Waals surface area (Å²) in [6, 6.07) is 1.38. The van der Waals surface area contributed by atoms with Crippen molar-refractivity contribution in [2.24, 2.45) is 11.3 Å². The second-order valence-electron chi connectivity index (χ2n) is 5.33. The Morgan fingerprint density at radius 3 is 2.71 bits per heavy atom. The largest absolute Gasteiger partial charge is 0.352 e. The summed E-state index contributed by atoms with van der Waals surface area (Å²) in [5.41, 5.74) is 0.158. The number of pyridine rings is 1. The minimum Gasteiger partial charge on any atom is -0.352 e. The molecule has 1 atom stereocenters. The smallest absolute Gasteiger partial charge is 0.254 e. The van der Waals surface area contributed by atoms with Crippen LogP contribution in [-0.4, -0.2) is 17.4 Å². The zero-order chi connectivity index (χ0) is 13.1. The highest BCUT2D eigenvalue weighted by atomic mass is 19.1. The molecule has 0 aliphatic carbocycles. The summed E-state index contributed by atoms with van der Waals surface area (Å²) in [6.07, 6.45) is 2.45. The maximum absolute atomic E-state index is 13.3. The van der Waals surface area contributed by atoms with Crippen LogP contribution >= 0.6 is 0 Å². The van der Waals surface area contributed by atoms with Gasteiger partial charge in [-0.1, -0.05) is 27.7 Å². The summed E-state index contributed by atoms with van der Waals surface area (Å²) in [5, 5.41) is 2.74. The molecule has 0 fully saturated rings. The van der Waals surface area contributed by atoms with Crippen molar-refractivity contribution in [3.63, 3.8) is 0 Å². The Balaban J connectivity index is 2.60. The number of nitrogens with zero attached hydrogens (tertiary/aromatic N) is 1. The van der Waals surface area contributed by atoms with E-state index in [9.17, 15) is 9.18 Å². The third-order valence-electron chi connectivity index (χ3n) is 3.06. The van der Waals surface area contributed by atoms with Crippen LogP contribution in [0, 0.1) is 17.2 Å². The number of carbonyl (C=O) groups is 1. The topological polar surface area (TPSA) is 42.0 Å². The first kappa shape index (κ1) is 13.6. The molecule has 0 saturated heterocycles. The molecule has 4 heteroatoms. The van der Waals surface area contributed by atoms with E-state index in [4.69, 9.17) is 0 Å². The third-order valence-corrected chi connectivity index (χ3v) is 3.06. The number of amides is 1. The lowest BCUT2D eigenvalue weighted by Crippen LogP contribution is -2.34. The van der Waals surface area contributed by atoms with Crippen molar-refractivity contribution in [3.8, 4) is 0 Å². The Bertz CT molecular complexity index is 399. The van der Waals surface area contributed by atoms with Crippen molar-refractivity contribution in [1.29, 1.82) is 0 Å². The monoisotopic (exact) mass is 238 g/mol. The van der Waals surface area contributed by atoms with Gasteiger partial charge in [-0.3, -0.25) is 9.78 Å². The van der Waals surface area contributed by atoms with Gasteiger partial charge in [0, 0.05) is 12.7 Å². The van der Waals surface area contributed by atoms with E-state index in [-0.39, 0.29) is 16.9 Å². The van der Waals surface area contributed by atoms with Crippen LogP contribution in [0.3, 0.4) is 0 Å². The summed E-state index contributed by atoms with van der Waals surface area (Å²) in [4.78, 5) is 15.3. The molecule has 3 nitrogen and oxygen atoms in total. The van der Waals surface area contributed by atoms with E-state index in [1.807, 2.05) is 0 Å². The maximum atomic E-state index is 13.3. The van der Waals surface area contributed by atoms with Crippen molar-refractivity contribution in [2.45, 2.75) is 27.7 Å². The lowest BCUT2D eigenvalue weighted by Gasteiger charge is -2.27. The molecule has 0 aromatic carbocycles. The highest BCUT2D eigenvalue weighted by molar-refractivity contribution is 5.94. The molecule has 0 bridgehead atoms. The fourth-order valence-electron chi connectivity index (χ4n) is 1.21. The molecule has 17 heavy (non-hydrogen) atoms. The third kappa shape index (κ3) is 3.80. The van der Waals surface area contributed by atoms with Gasteiger partial charge in [-0.05, 0) is 17.4 Å². The van der Waals surface area contributed by atoms with Crippen molar-refractivity contribution < 1.29 is 9.18 Å².